The minimum absolute atomic E-state index is 0.0175. The van der Waals surface area contributed by atoms with Crippen LogP contribution in [0, 0.1) is 10.1 Å². The van der Waals surface area contributed by atoms with E-state index in [1.54, 1.807) is 24.3 Å². The molecule has 29 heavy (non-hydrogen) atoms. The number of nitrogens with zero attached hydrogens (tertiary/aromatic N) is 1. The van der Waals surface area contributed by atoms with Gasteiger partial charge in [0.05, 0.1) is 11.5 Å². The predicted octanol–water partition coefficient (Wildman–Crippen LogP) is 4.19. The van der Waals surface area contributed by atoms with Gasteiger partial charge in [-0.3, -0.25) is 25.8 Å². The number of benzene rings is 2. The highest BCUT2D eigenvalue weighted by Gasteiger charge is 2.08. The molecule has 0 aliphatic heterocycles. The molecule has 0 unspecified atom stereocenters. The summed E-state index contributed by atoms with van der Waals surface area (Å²) >= 11 is 5.10. The van der Waals surface area contributed by atoms with Crippen molar-refractivity contribution in [3.63, 3.8) is 0 Å². The van der Waals surface area contributed by atoms with Crippen LogP contribution >= 0.6 is 12.2 Å². The van der Waals surface area contributed by atoms with Gasteiger partial charge in [-0.25, -0.2) is 0 Å². The van der Waals surface area contributed by atoms with Crippen molar-refractivity contribution >= 4 is 34.6 Å². The van der Waals surface area contributed by atoms with Gasteiger partial charge in [-0.05, 0) is 55.0 Å². The number of carbonyl (C=O) groups is 1. The van der Waals surface area contributed by atoms with Crippen LogP contribution in [-0.2, 0) is 0 Å². The average Bonchev–Trinajstić information content (AvgIpc) is 2.72. The third-order valence-electron chi connectivity index (χ3n) is 4.01. The molecule has 2 rings (SSSR count). The highest BCUT2D eigenvalue weighted by molar-refractivity contribution is 7.80. The van der Waals surface area contributed by atoms with Gasteiger partial charge in [-0.15, -0.1) is 0 Å². The Hall–Kier alpha value is -3.20. The summed E-state index contributed by atoms with van der Waals surface area (Å²) in [5, 5.41) is 13.6. The van der Waals surface area contributed by atoms with E-state index in [-0.39, 0.29) is 16.7 Å². The summed E-state index contributed by atoms with van der Waals surface area (Å²) < 4.78 is 5.65. The summed E-state index contributed by atoms with van der Waals surface area (Å²) in [4.78, 5) is 22.4. The number of hydrogen-bond acceptors (Lipinski definition) is 5. The highest BCUT2D eigenvalue weighted by Crippen LogP contribution is 2.15. The smallest absolute Gasteiger partial charge is 0.269 e. The zero-order valence-corrected chi connectivity index (χ0v) is 17.0. The Balaban J connectivity index is 1.75. The number of carbonyl (C=O) groups excluding carboxylic acids is 1. The number of nitro benzene ring substituents is 1. The first kappa shape index (κ1) is 22.1. The van der Waals surface area contributed by atoms with Crippen LogP contribution in [0.2, 0.25) is 0 Å². The lowest BCUT2D eigenvalue weighted by atomic mass is 10.2. The number of ether oxygens (including phenoxy) is 1. The van der Waals surface area contributed by atoms with Gasteiger partial charge in [0.2, 0.25) is 0 Å². The minimum atomic E-state index is -0.483. The molecule has 9 heteroatoms. The van der Waals surface area contributed by atoms with Crippen LogP contribution in [0.4, 0.5) is 11.4 Å². The van der Waals surface area contributed by atoms with E-state index in [2.05, 4.69) is 23.1 Å². The van der Waals surface area contributed by atoms with Gasteiger partial charge in [0.25, 0.3) is 11.6 Å². The molecule has 0 spiro atoms. The molecule has 3 N–H and O–H groups in total. The zero-order valence-electron chi connectivity index (χ0n) is 16.1. The summed E-state index contributed by atoms with van der Waals surface area (Å²) in [6.07, 6.45) is 4.55. The Labute approximate surface area is 174 Å². The van der Waals surface area contributed by atoms with E-state index in [1.807, 2.05) is 0 Å². The van der Waals surface area contributed by atoms with Crippen molar-refractivity contribution in [2.24, 2.45) is 0 Å². The molecule has 154 valence electrons. The third-order valence-corrected chi connectivity index (χ3v) is 4.21. The minimum Gasteiger partial charge on any atom is -0.494 e. The fraction of sp³-hybridized carbons (Fsp3) is 0.300. The molecule has 8 nitrogen and oxygen atoms in total. The van der Waals surface area contributed by atoms with Crippen molar-refractivity contribution in [3.05, 3.63) is 64.2 Å². The lowest BCUT2D eigenvalue weighted by molar-refractivity contribution is -0.384. The van der Waals surface area contributed by atoms with E-state index in [9.17, 15) is 14.9 Å². The number of nitrogens with one attached hydrogen (secondary N) is 3. The van der Waals surface area contributed by atoms with E-state index in [1.165, 1.54) is 37.1 Å². The summed E-state index contributed by atoms with van der Waals surface area (Å²) in [6, 6.07) is 12.6. The highest BCUT2D eigenvalue weighted by atomic mass is 32.1. The van der Waals surface area contributed by atoms with Crippen LogP contribution in [0.5, 0.6) is 5.75 Å². The summed E-state index contributed by atoms with van der Waals surface area (Å²) in [6.45, 7) is 2.83. The van der Waals surface area contributed by atoms with Crippen LogP contribution in [0.1, 0.15) is 43.0 Å². The normalized spacial score (nSPS) is 10.1. The number of amides is 1. The van der Waals surface area contributed by atoms with Crippen LogP contribution in [-0.4, -0.2) is 22.5 Å². The number of nitro groups is 1. The summed E-state index contributed by atoms with van der Waals surface area (Å²) in [7, 11) is 0. The first-order chi connectivity index (χ1) is 14.0. The van der Waals surface area contributed by atoms with Gasteiger partial charge in [0.15, 0.2) is 5.11 Å². The van der Waals surface area contributed by atoms with Gasteiger partial charge in [-0.1, -0.05) is 26.2 Å². The molecule has 0 aliphatic rings. The maximum Gasteiger partial charge on any atom is 0.269 e. The largest absolute Gasteiger partial charge is 0.494 e. The zero-order chi connectivity index (χ0) is 21.1. The summed E-state index contributed by atoms with van der Waals surface area (Å²) in [5.41, 5.74) is 6.08. The number of non-ortho nitro benzene ring substituents is 1. The van der Waals surface area contributed by atoms with Gasteiger partial charge in [0.1, 0.15) is 5.75 Å². The molecule has 0 aliphatic carbocycles. The lowest BCUT2D eigenvalue weighted by Gasteiger charge is -2.12. The van der Waals surface area contributed by atoms with Crippen LogP contribution in [0.25, 0.3) is 0 Å². The number of hydrogen-bond donors (Lipinski definition) is 3. The second-order valence-corrected chi connectivity index (χ2v) is 6.68. The molecule has 0 aromatic heterocycles. The Morgan fingerprint density at radius 3 is 2.34 bits per heavy atom. The Bertz CT molecular complexity index is 825. The number of hydrazine groups is 1. The van der Waals surface area contributed by atoms with E-state index in [0.717, 1.165) is 18.6 Å². The van der Waals surface area contributed by atoms with E-state index in [0.29, 0.717) is 17.9 Å². The standard InChI is InChI=1S/C20H24N4O4S/c1-2-3-4-5-14-28-18-12-6-15(7-13-18)19(25)22-23-20(29)21-16-8-10-17(11-9-16)24(26)27/h6-13H,2-5,14H2,1H3,(H,22,25)(H2,21,23,29). The molecular weight excluding hydrogens is 392 g/mol. The number of rotatable bonds is 9. The quantitative estimate of drug-likeness (QED) is 0.244. The number of thiocarbonyl (C=S) groups is 1. The molecular formula is C20H24N4O4S. The van der Waals surface area contributed by atoms with Gasteiger partial charge in [-0.2, -0.15) is 0 Å². The van der Waals surface area contributed by atoms with Crippen molar-refractivity contribution in [1.29, 1.82) is 0 Å². The Kier molecular flexibility index (Phi) is 8.84. The van der Waals surface area contributed by atoms with Crippen molar-refractivity contribution in [1.82, 2.24) is 10.9 Å². The maximum atomic E-state index is 12.2. The first-order valence-corrected chi connectivity index (χ1v) is 9.75. The SMILES string of the molecule is CCCCCCOc1ccc(C(=O)NNC(=S)Nc2ccc([N+](=O)[O-])cc2)cc1. The lowest BCUT2D eigenvalue weighted by Crippen LogP contribution is -2.43. The van der Waals surface area contributed by atoms with Crippen molar-refractivity contribution in [2.45, 2.75) is 32.6 Å². The Morgan fingerprint density at radius 1 is 1.03 bits per heavy atom. The fourth-order valence-electron chi connectivity index (χ4n) is 2.44. The van der Waals surface area contributed by atoms with Gasteiger partial charge in [0, 0.05) is 23.4 Å². The van der Waals surface area contributed by atoms with Crippen LogP contribution in [0.3, 0.4) is 0 Å². The summed E-state index contributed by atoms with van der Waals surface area (Å²) in [5.74, 6) is 0.369. The molecule has 0 saturated carbocycles. The third kappa shape index (κ3) is 7.74. The van der Waals surface area contributed by atoms with Gasteiger partial charge >= 0.3 is 0 Å². The molecule has 0 bridgehead atoms. The molecule has 1 amide bonds. The predicted molar refractivity (Wildman–Crippen MR) is 116 cm³/mol. The number of unbranched alkanes of at least 4 members (excludes halogenated alkanes) is 3. The fourth-order valence-corrected chi connectivity index (χ4v) is 2.60. The van der Waals surface area contributed by atoms with Crippen molar-refractivity contribution in [3.8, 4) is 5.75 Å². The molecule has 0 heterocycles. The Morgan fingerprint density at radius 2 is 1.72 bits per heavy atom. The van der Waals surface area contributed by atoms with Gasteiger partial charge < -0.3 is 10.1 Å². The van der Waals surface area contributed by atoms with Crippen molar-refractivity contribution < 1.29 is 14.5 Å². The maximum absolute atomic E-state index is 12.2. The monoisotopic (exact) mass is 416 g/mol. The molecule has 0 saturated heterocycles. The second-order valence-electron chi connectivity index (χ2n) is 6.27. The molecule has 0 atom stereocenters. The van der Waals surface area contributed by atoms with E-state index in [4.69, 9.17) is 17.0 Å². The van der Waals surface area contributed by atoms with Crippen LogP contribution in [0.15, 0.2) is 48.5 Å². The van der Waals surface area contributed by atoms with Crippen LogP contribution < -0.4 is 20.9 Å². The number of anilines is 1. The molecule has 0 fully saturated rings. The molecule has 2 aromatic rings. The second kappa shape index (κ2) is 11.6. The first-order valence-electron chi connectivity index (χ1n) is 9.34. The molecule has 0 radical (unpaired) electrons. The average molecular weight is 417 g/mol. The molecule has 2 aromatic carbocycles. The van der Waals surface area contributed by atoms with E-state index < -0.39 is 4.92 Å². The topological polar surface area (TPSA) is 106 Å². The van der Waals surface area contributed by atoms with E-state index >= 15 is 0 Å². The van der Waals surface area contributed by atoms with Crippen molar-refractivity contribution in [2.75, 3.05) is 11.9 Å².